The maximum absolute atomic E-state index is 12.3. The highest BCUT2D eigenvalue weighted by Crippen LogP contribution is 2.21. The summed E-state index contributed by atoms with van der Waals surface area (Å²) >= 11 is 5.91. The SMILES string of the molecule is CC(NS(=O)(=O)c1ccc(Cl)c(CN)c1)c1ncn[nH]1. The molecule has 0 amide bonds. The lowest BCUT2D eigenvalue weighted by Gasteiger charge is -2.12. The van der Waals surface area contributed by atoms with Crippen molar-refractivity contribution >= 4 is 21.6 Å². The molecule has 7 nitrogen and oxygen atoms in total. The second-order valence-corrected chi connectivity index (χ2v) is 6.29. The van der Waals surface area contributed by atoms with Crippen molar-refractivity contribution < 1.29 is 8.42 Å². The van der Waals surface area contributed by atoms with Crippen molar-refractivity contribution in [1.82, 2.24) is 19.9 Å². The van der Waals surface area contributed by atoms with E-state index in [0.29, 0.717) is 16.4 Å². The van der Waals surface area contributed by atoms with Crippen molar-refractivity contribution in [3.05, 3.63) is 40.9 Å². The summed E-state index contributed by atoms with van der Waals surface area (Å²) in [5.74, 6) is 0.432. The Hall–Kier alpha value is -1.48. The number of sulfonamides is 1. The van der Waals surface area contributed by atoms with E-state index in [1.807, 2.05) is 0 Å². The first-order valence-electron chi connectivity index (χ1n) is 5.80. The van der Waals surface area contributed by atoms with Gasteiger partial charge >= 0.3 is 0 Å². The molecule has 0 fully saturated rings. The van der Waals surface area contributed by atoms with Gasteiger partial charge < -0.3 is 5.73 Å². The number of halogens is 1. The molecule has 0 bridgehead atoms. The van der Waals surface area contributed by atoms with Crippen molar-refractivity contribution in [3.63, 3.8) is 0 Å². The summed E-state index contributed by atoms with van der Waals surface area (Å²) in [6.07, 6.45) is 1.31. The largest absolute Gasteiger partial charge is 0.326 e. The van der Waals surface area contributed by atoms with Crippen LogP contribution in [0.4, 0.5) is 0 Å². The summed E-state index contributed by atoms with van der Waals surface area (Å²) in [5.41, 5.74) is 6.09. The smallest absolute Gasteiger partial charge is 0.241 e. The van der Waals surface area contributed by atoms with Gasteiger partial charge in [0.05, 0.1) is 10.9 Å². The van der Waals surface area contributed by atoms with E-state index in [9.17, 15) is 8.42 Å². The Balaban J connectivity index is 2.26. The number of nitrogens with zero attached hydrogens (tertiary/aromatic N) is 2. The highest BCUT2D eigenvalue weighted by Gasteiger charge is 2.20. The van der Waals surface area contributed by atoms with Gasteiger partial charge in [0.25, 0.3) is 0 Å². The van der Waals surface area contributed by atoms with Crippen molar-refractivity contribution in [2.75, 3.05) is 0 Å². The first-order valence-corrected chi connectivity index (χ1v) is 7.66. The summed E-state index contributed by atoms with van der Waals surface area (Å²) in [7, 11) is -3.69. The van der Waals surface area contributed by atoms with Crippen molar-refractivity contribution in [2.24, 2.45) is 5.73 Å². The number of H-pyrrole nitrogens is 1. The molecule has 1 unspecified atom stereocenters. The van der Waals surface area contributed by atoms with Crippen LogP contribution in [0.3, 0.4) is 0 Å². The summed E-state index contributed by atoms with van der Waals surface area (Å²) in [6, 6.07) is 3.87. The van der Waals surface area contributed by atoms with E-state index in [4.69, 9.17) is 17.3 Å². The van der Waals surface area contributed by atoms with Crippen molar-refractivity contribution in [2.45, 2.75) is 24.4 Å². The lowest BCUT2D eigenvalue weighted by atomic mass is 10.2. The van der Waals surface area contributed by atoms with Gasteiger partial charge in [-0.3, -0.25) is 5.10 Å². The second-order valence-electron chi connectivity index (χ2n) is 4.17. The zero-order chi connectivity index (χ0) is 14.8. The maximum Gasteiger partial charge on any atom is 0.241 e. The molecule has 2 aromatic rings. The molecule has 0 aliphatic heterocycles. The van der Waals surface area contributed by atoms with Crippen molar-refractivity contribution in [3.8, 4) is 0 Å². The molecule has 108 valence electrons. The van der Waals surface area contributed by atoms with Gasteiger partial charge in [0, 0.05) is 11.6 Å². The predicted octanol–water partition coefficient (Wildman–Crippen LogP) is 0.956. The van der Waals surface area contributed by atoms with E-state index in [2.05, 4.69) is 19.9 Å². The van der Waals surface area contributed by atoms with Gasteiger partial charge in [0.1, 0.15) is 12.2 Å². The Kier molecular flexibility index (Phi) is 4.39. The molecule has 20 heavy (non-hydrogen) atoms. The molecule has 0 radical (unpaired) electrons. The van der Waals surface area contributed by atoms with E-state index in [-0.39, 0.29) is 11.4 Å². The molecule has 4 N–H and O–H groups in total. The molecule has 1 atom stereocenters. The third kappa shape index (κ3) is 3.15. The van der Waals surface area contributed by atoms with Crippen LogP contribution < -0.4 is 10.5 Å². The van der Waals surface area contributed by atoms with E-state index in [1.54, 1.807) is 6.92 Å². The number of hydrogen-bond donors (Lipinski definition) is 3. The zero-order valence-corrected chi connectivity index (χ0v) is 12.2. The van der Waals surface area contributed by atoms with Crippen LogP contribution in [-0.4, -0.2) is 23.6 Å². The van der Waals surface area contributed by atoms with Crippen LogP contribution in [0.1, 0.15) is 24.4 Å². The van der Waals surface area contributed by atoms with Crippen LogP contribution in [0.5, 0.6) is 0 Å². The van der Waals surface area contributed by atoms with E-state index < -0.39 is 16.1 Å². The first-order chi connectivity index (χ1) is 9.44. The minimum atomic E-state index is -3.69. The Morgan fingerprint density at radius 3 is 2.85 bits per heavy atom. The molecule has 0 aliphatic rings. The minimum absolute atomic E-state index is 0.105. The summed E-state index contributed by atoms with van der Waals surface area (Å²) < 4.78 is 27.0. The van der Waals surface area contributed by atoms with E-state index >= 15 is 0 Å². The molecular formula is C11H14ClN5O2S. The lowest BCUT2D eigenvalue weighted by molar-refractivity contribution is 0.560. The summed E-state index contributed by atoms with van der Waals surface area (Å²) in [4.78, 5) is 4.01. The second kappa shape index (κ2) is 5.88. The number of aromatic nitrogens is 3. The van der Waals surface area contributed by atoms with E-state index in [0.717, 1.165) is 0 Å². The number of nitrogens with two attached hydrogens (primary N) is 1. The van der Waals surface area contributed by atoms with Gasteiger partial charge in [-0.2, -0.15) is 5.10 Å². The van der Waals surface area contributed by atoms with Gasteiger partial charge in [-0.1, -0.05) is 11.6 Å². The molecule has 0 saturated carbocycles. The normalized spacial score (nSPS) is 13.3. The molecule has 9 heteroatoms. The van der Waals surface area contributed by atoms with Crippen molar-refractivity contribution in [1.29, 1.82) is 0 Å². The molecule has 1 aromatic heterocycles. The maximum atomic E-state index is 12.3. The van der Waals surface area contributed by atoms with Gasteiger partial charge in [-0.25, -0.2) is 18.1 Å². The Morgan fingerprint density at radius 1 is 1.50 bits per heavy atom. The van der Waals surface area contributed by atoms with Crippen LogP contribution in [0.15, 0.2) is 29.4 Å². The Labute approximate surface area is 121 Å². The third-order valence-electron chi connectivity index (χ3n) is 2.72. The fourth-order valence-electron chi connectivity index (χ4n) is 1.65. The molecule has 0 saturated heterocycles. The number of hydrogen-bond acceptors (Lipinski definition) is 5. The number of benzene rings is 1. The molecule has 0 aliphatic carbocycles. The molecule has 2 rings (SSSR count). The standard InChI is InChI=1S/C11H14ClN5O2S/c1-7(11-14-6-15-16-11)17-20(18,19)9-2-3-10(12)8(4-9)5-13/h2-4,6-7,17H,5,13H2,1H3,(H,14,15,16). The van der Waals surface area contributed by atoms with Crippen LogP contribution >= 0.6 is 11.6 Å². The quantitative estimate of drug-likeness (QED) is 0.760. The first kappa shape index (κ1) is 14.9. The van der Waals surface area contributed by atoms with Gasteiger partial charge in [-0.15, -0.1) is 0 Å². The summed E-state index contributed by atoms with van der Waals surface area (Å²) in [5, 5.41) is 6.73. The Bertz CT molecular complexity index is 687. The molecular weight excluding hydrogens is 302 g/mol. The average molecular weight is 316 g/mol. The number of rotatable bonds is 5. The lowest BCUT2D eigenvalue weighted by Crippen LogP contribution is -2.27. The zero-order valence-electron chi connectivity index (χ0n) is 10.7. The van der Waals surface area contributed by atoms with E-state index in [1.165, 1.54) is 24.5 Å². The average Bonchev–Trinajstić information content (AvgIpc) is 2.92. The fourth-order valence-corrected chi connectivity index (χ4v) is 3.11. The van der Waals surface area contributed by atoms with Crippen LogP contribution in [0.25, 0.3) is 0 Å². The topological polar surface area (TPSA) is 114 Å². The molecule has 1 heterocycles. The fraction of sp³-hybridized carbons (Fsp3) is 0.273. The highest BCUT2D eigenvalue weighted by atomic mass is 35.5. The van der Waals surface area contributed by atoms with Crippen LogP contribution in [0, 0.1) is 0 Å². The molecule has 1 aromatic carbocycles. The molecule has 0 spiro atoms. The Morgan fingerprint density at radius 2 is 2.25 bits per heavy atom. The highest BCUT2D eigenvalue weighted by molar-refractivity contribution is 7.89. The van der Waals surface area contributed by atoms with Crippen LogP contribution in [-0.2, 0) is 16.6 Å². The van der Waals surface area contributed by atoms with Gasteiger partial charge in [-0.05, 0) is 30.7 Å². The van der Waals surface area contributed by atoms with Crippen LogP contribution in [0.2, 0.25) is 5.02 Å². The predicted molar refractivity (Wildman–Crippen MR) is 74.5 cm³/mol. The number of nitrogens with one attached hydrogen (secondary N) is 2. The van der Waals surface area contributed by atoms with Gasteiger partial charge in [0.15, 0.2) is 0 Å². The van der Waals surface area contributed by atoms with Gasteiger partial charge in [0.2, 0.25) is 10.0 Å². The number of aromatic amines is 1. The minimum Gasteiger partial charge on any atom is -0.326 e. The third-order valence-corrected chi connectivity index (χ3v) is 4.63. The summed E-state index contributed by atoms with van der Waals surface area (Å²) in [6.45, 7) is 1.83. The monoisotopic (exact) mass is 315 g/mol.